The monoisotopic (exact) mass is 536 g/mol. The topological polar surface area (TPSA) is 121 Å². The number of imidazole rings is 1. The summed E-state index contributed by atoms with van der Waals surface area (Å²) in [5.41, 5.74) is 3.03. The van der Waals surface area contributed by atoms with Crippen molar-refractivity contribution in [2.45, 2.75) is 14.4 Å². The van der Waals surface area contributed by atoms with E-state index in [1.54, 1.807) is 25.4 Å². The van der Waals surface area contributed by atoms with Crippen molar-refractivity contribution in [2.75, 3.05) is 58.3 Å². The molecule has 0 spiro atoms. The van der Waals surface area contributed by atoms with Crippen LogP contribution in [-0.4, -0.2) is 93.8 Å². The number of nitrogens with one attached hydrogen (secondary N) is 2. The molecule has 0 atom stereocenters. The zero-order chi connectivity index (χ0) is 26.5. The van der Waals surface area contributed by atoms with E-state index in [1.807, 2.05) is 6.07 Å². The summed E-state index contributed by atoms with van der Waals surface area (Å²) >= 11 is 0. The van der Waals surface area contributed by atoms with Gasteiger partial charge >= 0.3 is 12.1 Å². The van der Waals surface area contributed by atoms with Crippen molar-refractivity contribution in [1.82, 2.24) is 34.7 Å². The summed E-state index contributed by atoms with van der Waals surface area (Å²) in [6.07, 6.45) is 4.19. The highest BCUT2D eigenvalue weighted by Crippen LogP contribution is 2.34. The van der Waals surface area contributed by atoms with Crippen molar-refractivity contribution < 1.29 is 18.7 Å². The average Bonchev–Trinajstić information content (AvgIpc) is 3.32. The van der Waals surface area contributed by atoms with Crippen LogP contribution in [-0.2, 0) is 4.74 Å². The molecule has 4 heterocycles. The number of likely N-dealkylation sites (N-methyl/N-ethyl adjacent to an activating group) is 1. The van der Waals surface area contributed by atoms with Crippen LogP contribution in [0.25, 0.3) is 33.4 Å². The molecule has 1 saturated heterocycles. The van der Waals surface area contributed by atoms with Gasteiger partial charge in [-0.15, -0.1) is 0 Å². The molecule has 5 rings (SSSR count). The molecule has 0 aliphatic carbocycles. The molecule has 39 heavy (non-hydrogen) atoms. The van der Waals surface area contributed by atoms with Crippen molar-refractivity contribution in [2.24, 2.45) is 0 Å². The van der Waals surface area contributed by atoms with Crippen molar-refractivity contribution in [3.8, 4) is 28.4 Å². The van der Waals surface area contributed by atoms with Gasteiger partial charge in [-0.3, -0.25) is 15.2 Å². The van der Waals surface area contributed by atoms with E-state index in [2.05, 4.69) is 47.1 Å². The zero-order valence-electron chi connectivity index (χ0n) is 21.3. The number of hydrogen-bond acceptors (Lipinski definition) is 9. The Morgan fingerprint density at radius 2 is 1.90 bits per heavy atom. The van der Waals surface area contributed by atoms with E-state index in [1.165, 1.54) is 18.3 Å². The fraction of sp³-hybridized carbons (Fsp3) is 0.370. The van der Waals surface area contributed by atoms with Gasteiger partial charge in [0.15, 0.2) is 0 Å². The minimum atomic E-state index is -0.644. The maximum absolute atomic E-state index is 14.7. The molecule has 1 aromatic carbocycles. The van der Waals surface area contributed by atoms with Gasteiger partial charge in [0, 0.05) is 62.4 Å². The summed E-state index contributed by atoms with van der Waals surface area (Å²) in [6, 6.07) is 6.75. The number of hydrogen-bond donors (Lipinski definition) is 2. The lowest BCUT2D eigenvalue weighted by Gasteiger charge is -2.31. The van der Waals surface area contributed by atoms with Crippen molar-refractivity contribution in [3.63, 3.8) is 0 Å². The molecule has 0 radical (unpaired) electrons. The molecule has 1 fully saturated rings. The number of aromatic amines is 1. The van der Waals surface area contributed by atoms with E-state index < -0.39 is 11.9 Å². The third kappa shape index (κ3) is 6.65. The molecule has 2 N–H and O–H groups in total. The van der Waals surface area contributed by atoms with Crippen LogP contribution < -0.4 is 10.1 Å². The Balaban J connectivity index is 0.00000353. The van der Waals surface area contributed by atoms with Crippen LogP contribution in [0.1, 0.15) is 14.4 Å². The summed E-state index contributed by atoms with van der Waals surface area (Å²) < 4.78 is 25.4. The van der Waals surface area contributed by atoms with Gasteiger partial charge in [0.05, 0.1) is 12.1 Å². The number of carbonyl (C=O) groups is 1. The van der Waals surface area contributed by atoms with Gasteiger partial charge in [-0.1, -0.05) is 7.43 Å². The standard InChI is InChI=1S/C26H29FN8O3.CH4/c1-3-37-26(36)33-24-31-21-14-17(13-19(23(21)32-24)22-20(27)5-4-6-28-22)18-15-29-25(30-16-18)38-12-11-35-9-7-34(2)8-10-35;/h4-6,13-16H,3,7-12H2,1-2H3,(H2,31,32,33,36);1H4. The first-order chi connectivity index (χ1) is 18.5. The summed E-state index contributed by atoms with van der Waals surface area (Å²) in [5.74, 6) is -0.317. The highest BCUT2D eigenvalue weighted by molar-refractivity contribution is 5.97. The quantitative estimate of drug-likeness (QED) is 0.343. The van der Waals surface area contributed by atoms with Crippen LogP contribution in [0.4, 0.5) is 15.1 Å². The van der Waals surface area contributed by atoms with Gasteiger partial charge in [0.25, 0.3) is 0 Å². The molecular weight excluding hydrogens is 503 g/mol. The van der Waals surface area contributed by atoms with Gasteiger partial charge in [0.1, 0.15) is 23.6 Å². The normalized spacial score (nSPS) is 14.1. The minimum absolute atomic E-state index is 0. The predicted molar refractivity (Wildman–Crippen MR) is 147 cm³/mol. The predicted octanol–water partition coefficient (Wildman–Crippen LogP) is 4.05. The van der Waals surface area contributed by atoms with Crippen LogP contribution >= 0.6 is 0 Å². The molecule has 4 aromatic rings. The number of aromatic nitrogens is 5. The van der Waals surface area contributed by atoms with Crippen molar-refractivity contribution >= 4 is 23.1 Å². The number of anilines is 1. The van der Waals surface area contributed by atoms with E-state index >= 15 is 0 Å². The first kappa shape index (κ1) is 27.9. The van der Waals surface area contributed by atoms with Crippen LogP contribution in [0.15, 0.2) is 42.9 Å². The summed E-state index contributed by atoms with van der Waals surface area (Å²) in [4.78, 5) is 37.0. The molecule has 1 aliphatic rings. The van der Waals surface area contributed by atoms with E-state index in [0.29, 0.717) is 40.3 Å². The summed E-state index contributed by atoms with van der Waals surface area (Å²) in [5, 5.41) is 2.55. The van der Waals surface area contributed by atoms with Gasteiger partial charge in [0.2, 0.25) is 5.95 Å². The molecular formula is C27H33FN8O3. The Hall–Kier alpha value is -4.16. The lowest BCUT2D eigenvalue weighted by atomic mass is 10.0. The lowest BCUT2D eigenvalue weighted by Crippen LogP contribution is -2.45. The van der Waals surface area contributed by atoms with Crippen LogP contribution in [0.5, 0.6) is 6.01 Å². The fourth-order valence-corrected chi connectivity index (χ4v) is 4.25. The maximum atomic E-state index is 14.7. The average molecular weight is 537 g/mol. The number of nitrogens with zero attached hydrogens (tertiary/aromatic N) is 6. The third-order valence-electron chi connectivity index (χ3n) is 6.29. The highest BCUT2D eigenvalue weighted by Gasteiger charge is 2.18. The largest absolute Gasteiger partial charge is 0.462 e. The Labute approximate surface area is 226 Å². The Bertz CT molecular complexity index is 1400. The van der Waals surface area contributed by atoms with E-state index in [-0.39, 0.29) is 25.7 Å². The number of ether oxygens (including phenoxy) is 2. The van der Waals surface area contributed by atoms with Gasteiger partial charge in [-0.25, -0.2) is 24.1 Å². The van der Waals surface area contributed by atoms with Gasteiger partial charge in [-0.05, 0) is 43.8 Å². The number of fused-ring (bicyclic) bond motifs is 1. The van der Waals surface area contributed by atoms with E-state index in [9.17, 15) is 9.18 Å². The Morgan fingerprint density at radius 3 is 2.62 bits per heavy atom. The molecule has 3 aromatic heterocycles. The van der Waals surface area contributed by atoms with E-state index in [4.69, 9.17) is 9.47 Å². The molecule has 1 amide bonds. The van der Waals surface area contributed by atoms with Crippen molar-refractivity contribution in [1.29, 1.82) is 0 Å². The molecule has 206 valence electrons. The SMILES string of the molecule is C.CCOC(=O)Nc1nc2c(-c3ncccc3F)cc(-c3cnc(OCCN4CCN(C)CC4)nc3)cc2[nH]1. The molecule has 0 bridgehead atoms. The maximum Gasteiger partial charge on any atom is 0.413 e. The molecule has 0 saturated carbocycles. The number of piperazine rings is 1. The van der Waals surface area contributed by atoms with Crippen molar-refractivity contribution in [3.05, 3.63) is 48.7 Å². The number of benzene rings is 1. The lowest BCUT2D eigenvalue weighted by molar-refractivity contribution is 0.131. The number of carbonyl (C=O) groups excluding carboxylic acids is 1. The number of rotatable bonds is 8. The van der Waals surface area contributed by atoms with Crippen LogP contribution in [0.3, 0.4) is 0 Å². The van der Waals surface area contributed by atoms with E-state index in [0.717, 1.165) is 32.7 Å². The highest BCUT2D eigenvalue weighted by atomic mass is 19.1. The van der Waals surface area contributed by atoms with Crippen LogP contribution in [0.2, 0.25) is 0 Å². The Kier molecular flexibility index (Phi) is 8.99. The second kappa shape index (κ2) is 12.6. The summed E-state index contributed by atoms with van der Waals surface area (Å²) in [6.45, 7) is 7.39. The van der Waals surface area contributed by atoms with Crippen LogP contribution in [0, 0.1) is 5.82 Å². The smallest absolute Gasteiger partial charge is 0.413 e. The van der Waals surface area contributed by atoms with Gasteiger partial charge in [-0.2, -0.15) is 0 Å². The third-order valence-corrected chi connectivity index (χ3v) is 6.29. The number of amides is 1. The molecule has 12 heteroatoms. The first-order valence-corrected chi connectivity index (χ1v) is 12.4. The van der Waals surface area contributed by atoms with Gasteiger partial charge < -0.3 is 19.4 Å². The number of pyridine rings is 1. The number of halogens is 1. The second-order valence-electron chi connectivity index (χ2n) is 8.93. The Morgan fingerprint density at radius 1 is 1.13 bits per heavy atom. The molecule has 11 nitrogen and oxygen atoms in total. The first-order valence-electron chi connectivity index (χ1n) is 12.4. The minimum Gasteiger partial charge on any atom is -0.462 e. The number of H-pyrrole nitrogens is 1. The summed E-state index contributed by atoms with van der Waals surface area (Å²) in [7, 11) is 2.13. The fourth-order valence-electron chi connectivity index (χ4n) is 4.25. The zero-order valence-corrected chi connectivity index (χ0v) is 21.3. The molecule has 0 unspecified atom stereocenters. The molecule has 1 aliphatic heterocycles. The second-order valence-corrected chi connectivity index (χ2v) is 8.93.